The van der Waals surface area contributed by atoms with Crippen LogP contribution >= 0.6 is 11.3 Å². The molecule has 176 valence electrons. The number of aromatic nitrogens is 4. The van der Waals surface area contributed by atoms with E-state index >= 15 is 0 Å². The van der Waals surface area contributed by atoms with E-state index in [0.29, 0.717) is 9.49 Å². The Balaban J connectivity index is 1.30. The molecule has 0 saturated carbocycles. The van der Waals surface area contributed by atoms with Crippen LogP contribution in [0, 0.1) is 0 Å². The zero-order chi connectivity index (χ0) is 24.8. The van der Waals surface area contributed by atoms with Gasteiger partial charge in [0.25, 0.3) is 5.56 Å². The van der Waals surface area contributed by atoms with Crippen molar-refractivity contribution < 1.29 is 0 Å². The van der Waals surface area contributed by atoms with Crippen LogP contribution in [-0.2, 0) is 0 Å². The highest BCUT2D eigenvalue weighted by Crippen LogP contribution is 2.29. The second-order valence-corrected chi connectivity index (χ2v) is 9.79. The lowest BCUT2D eigenvalue weighted by Gasteiger charge is -2.08. The van der Waals surface area contributed by atoms with Crippen LogP contribution in [-0.4, -0.2) is 19.2 Å². The van der Waals surface area contributed by atoms with E-state index in [1.807, 2.05) is 95.7 Å². The van der Waals surface area contributed by atoms with E-state index in [1.54, 1.807) is 4.40 Å². The standard InChI is InChI=1S/C31H20N4OS/c36-30-29(37-31-32-25-13-7-8-14-27(25)34(30)31)19-21-15-17-24(18-16-21)35-28(23-11-5-2-6-12-23)20-26(33-35)22-9-3-1-4-10-22/h1-20H/b29-19+. The number of fused-ring (bicyclic) bond motifs is 3. The van der Waals surface area contributed by atoms with Gasteiger partial charge in [0.1, 0.15) is 0 Å². The molecular weight excluding hydrogens is 476 g/mol. The summed E-state index contributed by atoms with van der Waals surface area (Å²) >= 11 is 1.41. The van der Waals surface area contributed by atoms with Crippen LogP contribution in [0.4, 0.5) is 0 Å². The van der Waals surface area contributed by atoms with Crippen molar-refractivity contribution in [2.24, 2.45) is 0 Å². The van der Waals surface area contributed by atoms with E-state index in [1.165, 1.54) is 11.3 Å². The third kappa shape index (κ3) is 3.75. The third-order valence-corrected chi connectivity index (χ3v) is 7.40. The van der Waals surface area contributed by atoms with Crippen LogP contribution in [0.5, 0.6) is 0 Å². The first-order chi connectivity index (χ1) is 18.2. The fraction of sp³-hybridized carbons (Fsp3) is 0. The Bertz CT molecular complexity index is 1990. The Hall–Kier alpha value is -4.81. The molecule has 0 amide bonds. The lowest BCUT2D eigenvalue weighted by molar-refractivity contribution is 0.892. The summed E-state index contributed by atoms with van der Waals surface area (Å²) in [5.41, 5.74) is 7.65. The monoisotopic (exact) mass is 496 g/mol. The lowest BCUT2D eigenvalue weighted by Crippen LogP contribution is -2.22. The molecule has 0 radical (unpaired) electrons. The second kappa shape index (κ2) is 8.69. The van der Waals surface area contributed by atoms with E-state index in [9.17, 15) is 4.79 Å². The summed E-state index contributed by atoms with van der Waals surface area (Å²) in [4.78, 5) is 18.4. The first-order valence-corrected chi connectivity index (χ1v) is 12.8. The van der Waals surface area contributed by atoms with Crippen molar-refractivity contribution in [1.29, 1.82) is 0 Å². The Morgan fingerprint density at radius 3 is 2.16 bits per heavy atom. The van der Waals surface area contributed by atoms with Crippen LogP contribution < -0.4 is 10.1 Å². The van der Waals surface area contributed by atoms with Gasteiger partial charge in [-0.2, -0.15) is 5.10 Å². The molecule has 7 rings (SSSR count). The predicted molar refractivity (Wildman–Crippen MR) is 150 cm³/mol. The largest absolute Gasteiger partial charge is 0.274 e. The smallest absolute Gasteiger partial charge is 0.267 e. The first-order valence-electron chi connectivity index (χ1n) is 12.0. The summed E-state index contributed by atoms with van der Waals surface area (Å²) in [7, 11) is 0. The molecule has 0 fully saturated rings. The number of para-hydroxylation sites is 2. The van der Waals surface area contributed by atoms with Crippen LogP contribution in [0.25, 0.3) is 50.3 Å². The molecule has 6 heteroatoms. The lowest BCUT2D eigenvalue weighted by atomic mass is 10.1. The van der Waals surface area contributed by atoms with E-state index in [4.69, 9.17) is 5.10 Å². The zero-order valence-corrected chi connectivity index (χ0v) is 20.5. The molecule has 0 bridgehead atoms. The molecule has 3 aromatic heterocycles. The van der Waals surface area contributed by atoms with Crippen molar-refractivity contribution in [1.82, 2.24) is 19.2 Å². The quantitative estimate of drug-likeness (QED) is 0.301. The number of thiazole rings is 1. The van der Waals surface area contributed by atoms with Crippen LogP contribution in [0.3, 0.4) is 0 Å². The Morgan fingerprint density at radius 2 is 1.41 bits per heavy atom. The van der Waals surface area contributed by atoms with Gasteiger partial charge in [0.15, 0.2) is 4.96 Å². The molecule has 0 aliphatic rings. The minimum absolute atomic E-state index is 0.0382. The third-order valence-electron chi connectivity index (χ3n) is 6.43. The minimum Gasteiger partial charge on any atom is -0.267 e. The number of nitrogens with zero attached hydrogens (tertiary/aromatic N) is 4. The van der Waals surface area contributed by atoms with E-state index in [-0.39, 0.29) is 5.56 Å². The molecule has 3 heterocycles. The summed E-state index contributed by atoms with van der Waals surface area (Å²) in [5, 5.41) is 4.95. The van der Waals surface area contributed by atoms with Crippen LogP contribution in [0.1, 0.15) is 5.56 Å². The SMILES string of the molecule is O=c1/c(=C\c2ccc(-n3nc(-c4ccccc4)cc3-c3ccccc3)cc2)sc2nc3ccccc3n12. The molecule has 7 aromatic rings. The maximum atomic E-state index is 13.1. The molecule has 0 saturated heterocycles. The maximum absolute atomic E-state index is 13.1. The number of imidazole rings is 1. The topological polar surface area (TPSA) is 52.2 Å². The normalized spacial score (nSPS) is 12.1. The average molecular weight is 497 g/mol. The van der Waals surface area contributed by atoms with E-state index < -0.39 is 0 Å². The molecule has 0 unspecified atom stereocenters. The number of hydrogen-bond acceptors (Lipinski definition) is 4. The van der Waals surface area contributed by atoms with Crippen LogP contribution in [0.2, 0.25) is 0 Å². The van der Waals surface area contributed by atoms with Gasteiger partial charge in [0.05, 0.1) is 32.6 Å². The second-order valence-electron chi connectivity index (χ2n) is 8.78. The zero-order valence-electron chi connectivity index (χ0n) is 19.7. The number of rotatable bonds is 4. The molecule has 0 spiro atoms. The summed E-state index contributed by atoms with van der Waals surface area (Å²) in [6.07, 6.45) is 1.93. The van der Waals surface area contributed by atoms with Gasteiger partial charge in [-0.1, -0.05) is 96.3 Å². The molecule has 4 aromatic carbocycles. The number of hydrogen-bond donors (Lipinski definition) is 0. The molecule has 0 N–H and O–H groups in total. The Labute approximate surface area is 216 Å². The van der Waals surface area contributed by atoms with Crippen molar-refractivity contribution >= 4 is 33.4 Å². The van der Waals surface area contributed by atoms with Gasteiger partial charge in [0, 0.05) is 11.1 Å². The van der Waals surface area contributed by atoms with Crippen molar-refractivity contribution in [3.8, 4) is 28.2 Å². The summed E-state index contributed by atoms with van der Waals surface area (Å²) in [6, 6.07) is 38.4. The minimum atomic E-state index is -0.0382. The molecule has 0 aliphatic heterocycles. The molecule has 5 nitrogen and oxygen atoms in total. The highest BCUT2D eigenvalue weighted by atomic mass is 32.1. The fourth-order valence-electron chi connectivity index (χ4n) is 4.62. The van der Waals surface area contributed by atoms with Gasteiger partial charge in [0.2, 0.25) is 0 Å². The van der Waals surface area contributed by atoms with Crippen molar-refractivity contribution in [2.45, 2.75) is 0 Å². The first kappa shape index (κ1) is 21.5. The van der Waals surface area contributed by atoms with Crippen molar-refractivity contribution in [2.75, 3.05) is 0 Å². The van der Waals surface area contributed by atoms with E-state index in [0.717, 1.165) is 44.8 Å². The average Bonchev–Trinajstić information content (AvgIpc) is 3.63. The summed E-state index contributed by atoms with van der Waals surface area (Å²) < 4.78 is 4.34. The van der Waals surface area contributed by atoms with Crippen molar-refractivity contribution in [3.63, 3.8) is 0 Å². The Morgan fingerprint density at radius 1 is 0.730 bits per heavy atom. The highest BCUT2D eigenvalue weighted by Gasteiger charge is 2.14. The van der Waals surface area contributed by atoms with Gasteiger partial charge in [-0.05, 0) is 42.0 Å². The Kier molecular flexibility index (Phi) is 5.04. The van der Waals surface area contributed by atoms with E-state index in [2.05, 4.69) is 35.3 Å². The van der Waals surface area contributed by atoms with Crippen LogP contribution in [0.15, 0.2) is 120 Å². The molecule has 0 aliphatic carbocycles. The fourth-order valence-corrected chi connectivity index (χ4v) is 5.60. The summed E-state index contributed by atoms with van der Waals surface area (Å²) in [6.45, 7) is 0. The highest BCUT2D eigenvalue weighted by molar-refractivity contribution is 7.15. The van der Waals surface area contributed by atoms with Gasteiger partial charge in [-0.15, -0.1) is 0 Å². The maximum Gasteiger partial charge on any atom is 0.274 e. The molecule has 37 heavy (non-hydrogen) atoms. The van der Waals surface area contributed by atoms with Gasteiger partial charge >= 0.3 is 0 Å². The predicted octanol–water partition coefficient (Wildman–Crippen LogP) is 5.98. The van der Waals surface area contributed by atoms with Crippen molar-refractivity contribution in [3.05, 3.63) is 136 Å². The van der Waals surface area contributed by atoms with Gasteiger partial charge in [-0.25, -0.2) is 14.1 Å². The number of benzene rings is 4. The molecular formula is C31H20N4OS. The van der Waals surface area contributed by atoms with Gasteiger partial charge < -0.3 is 0 Å². The van der Waals surface area contributed by atoms with Gasteiger partial charge in [-0.3, -0.25) is 4.79 Å². The summed E-state index contributed by atoms with van der Waals surface area (Å²) in [5.74, 6) is 0. The molecule has 0 atom stereocenters.